The predicted molar refractivity (Wildman–Crippen MR) is 80.3 cm³/mol. The Morgan fingerprint density at radius 2 is 2.20 bits per heavy atom. The van der Waals surface area contributed by atoms with Gasteiger partial charge in [0.25, 0.3) is 0 Å². The molecule has 0 aromatic heterocycles. The van der Waals surface area contributed by atoms with Gasteiger partial charge in [0.2, 0.25) is 5.91 Å². The van der Waals surface area contributed by atoms with E-state index in [0.29, 0.717) is 12.3 Å². The number of nitrogens with two attached hydrogens (primary N) is 1. The van der Waals surface area contributed by atoms with Gasteiger partial charge in [0.15, 0.2) is 0 Å². The van der Waals surface area contributed by atoms with Crippen LogP contribution >= 0.6 is 12.4 Å². The quantitative estimate of drug-likeness (QED) is 0.898. The van der Waals surface area contributed by atoms with Crippen molar-refractivity contribution in [1.82, 2.24) is 5.32 Å². The lowest BCUT2D eigenvalue weighted by Gasteiger charge is -2.19. The SMILES string of the molecule is CC(C)C[C@H](N)C(=O)NC1CCc2cc(F)ccc21.Cl. The van der Waals surface area contributed by atoms with E-state index in [-0.39, 0.29) is 30.2 Å². The number of hydrogen-bond acceptors (Lipinski definition) is 2. The smallest absolute Gasteiger partial charge is 0.237 e. The molecule has 0 spiro atoms. The van der Waals surface area contributed by atoms with E-state index in [1.807, 2.05) is 13.8 Å². The zero-order valence-corrected chi connectivity index (χ0v) is 12.7. The number of halogens is 2. The number of benzene rings is 1. The van der Waals surface area contributed by atoms with Crippen molar-refractivity contribution in [2.75, 3.05) is 0 Å². The van der Waals surface area contributed by atoms with E-state index in [1.54, 1.807) is 12.1 Å². The molecular weight excluding hydrogens is 279 g/mol. The predicted octanol–water partition coefficient (Wildman–Crippen LogP) is 2.72. The summed E-state index contributed by atoms with van der Waals surface area (Å²) in [5.74, 6) is 0.0591. The lowest BCUT2D eigenvalue weighted by atomic mass is 10.0. The highest BCUT2D eigenvalue weighted by Crippen LogP contribution is 2.31. The van der Waals surface area contributed by atoms with Gasteiger partial charge in [0.1, 0.15) is 5.82 Å². The molecule has 1 aliphatic rings. The Balaban J connectivity index is 0.00000200. The van der Waals surface area contributed by atoms with E-state index in [1.165, 1.54) is 6.07 Å². The highest BCUT2D eigenvalue weighted by Gasteiger charge is 2.26. The molecule has 2 rings (SSSR count). The Bertz CT molecular complexity index is 479. The van der Waals surface area contributed by atoms with Crippen molar-refractivity contribution in [1.29, 1.82) is 0 Å². The van der Waals surface area contributed by atoms with Gasteiger partial charge in [-0.1, -0.05) is 19.9 Å². The van der Waals surface area contributed by atoms with Crippen molar-refractivity contribution in [2.24, 2.45) is 11.7 Å². The van der Waals surface area contributed by atoms with E-state index in [0.717, 1.165) is 24.0 Å². The zero-order valence-electron chi connectivity index (χ0n) is 11.9. The fourth-order valence-electron chi connectivity index (χ4n) is 2.63. The van der Waals surface area contributed by atoms with Crippen LogP contribution in [0.1, 0.15) is 43.9 Å². The van der Waals surface area contributed by atoms with Crippen molar-refractivity contribution in [2.45, 2.75) is 45.2 Å². The number of aryl methyl sites for hydroxylation is 1. The number of rotatable bonds is 4. The Morgan fingerprint density at radius 1 is 1.50 bits per heavy atom. The first-order valence-electron chi connectivity index (χ1n) is 6.81. The Morgan fingerprint density at radius 3 is 2.85 bits per heavy atom. The second-order valence-corrected chi connectivity index (χ2v) is 5.68. The lowest BCUT2D eigenvalue weighted by molar-refractivity contribution is -0.123. The molecule has 20 heavy (non-hydrogen) atoms. The maximum Gasteiger partial charge on any atom is 0.237 e. The van der Waals surface area contributed by atoms with E-state index in [2.05, 4.69) is 5.32 Å². The number of amides is 1. The molecule has 3 N–H and O–H groups in total. The van der Waals surface area contributed by atoms with Gasteiger partial charge in [0.05, 0.1) is 12.1 Å². The van der Waals surface area contributed by atoms with Crippen molar-refractivity contribution >= 4 is 18.3 Å². The minimum absolute atomic E-state index is 0. The van der Waals surface area contributed by atoms with Gasteiger partial charge in [-0.05, 0) is 48.4 Å². The van der Waals surface area contributed by atoms with Crippen LogP contribution in [-0.2, 0) is 11.2 Å². The fraction of sp³-hybridized carbons (Fsp3) is 0.533. The van der Waals surface area contributed by atoms with Crippen LogP contribution in [0.3, 0.4) is 0 Å². The summed E-state index contributed by atoms with van der Waals surface area (Å²) in [4.78, 5) is 12.0. The van der Waals surface area contributed by atoms with Gasteiger partial charge in [0, 0.05) is 0 Å². The molecule has 0 saturated heterocycles. The molecule has 0 bridgehead atoms. The summed E-state index contributed by atoms with van der Waals surface area (Å²) in [6.07, 6.45) is 2.30. The summed E-state index contributed by atoms with van der Waals surface area (Å²) in [5, 5.41) is 2.97. The van der Waals surface area contributed by atoms with Crippen LogP contribution in [0.15, 0.2) is 18.2 Å². The number of carbonyl (C=O) groups is 1. The molecule has 0 aliphatic heterocycles. The van der Waals surface area contributed by atoms with Gasteiger partial charge >= 0.3 is 0 Å². The third-order valence-electron chi connectivity index (χ3n) is 3.56. The van der Waals surface area contributed by atoms with Gasteiger partial charge in [-0.15, -0.1) is 12.4 Å². The first kappa shape index (κ1) is 16.9. The number of fused-ring (bicyclic) bond motifs is 1. The summed E-state index contributed by atoms with van der Waals surface area (Å²) < 4.78 is 13.1. The third-order valence-corrected chi connectivity index (χ3v) is 3.56. The average molecular weight is 301 g/mol. The third kappa shape index (κ3) is 3.93. The van der Waals surface area contributed by atoms with Crippen LogP contribution in [0.25, 0.3) is 0 Å². The van der Waals surface area contributed by atoms with E-state index < -0.39 is 6.04 Å². The van der Waals surface area contributed by atoms with Crippen molar-refractivity contribution < 1.29 is 9.18 Å². The molecular formula is C15H22ClFN2O. The number of carbonyl (C=O) groups excluding carboxylic acids is 1. The minimum Gasteiger partial charge on any atom is -0.348 e. The summed E-state index contributed by atoms with van der Waals surface area (Å²) in [5.41, 5.74) is 7.88. The molecule has 2 atom stereocenters. The summed E-state index contributed by atoms with van der Waals surface area (Å²) in [6, 6.07) is 4.26. The summed E-state index contributed by atoms with van der Waals surface area (Å²) >= 11 is 0. The second kappa shape index (κ2) is 7.04. The lowest BCUT2D eigenvalue weighted by Crippen LogP contribution is -2.42. The molecule has 0 saturated carbocycles. The number of hydrogen-bond donors (Lipinski definition) is 2. The van der Waals surface area contributed by atoms with Crippen LogP contribution in [0.2, 0.25) is 0 Å². The van der Waals surface area contributed by atoms with Gasteiger partial charge in [-0.2, -0.15) is 0 Å². The maximum absolute atomic E-state index is 13.1. The fourth-order valence-corrected chi connectivity index (χ4v) is 2.63. The largest absolute Gasteiger partial charge is 0.348 e. The molecule has 1 aromatic rings. The summed E-state index contributed by atoms with van der Waals surface area (Å²) in [6.45, 7) is 4.08. The van der Waals surface area contributed by atoms with Gasteiger partial charge in [-0.25, -0.2) is 4.39 Å². The monoisotopic (exact) mass is 300 g/mol. The normalized spacial score (nSPS) is 18.4. The first-order chi connectivity index (χ1) is 8.97. The van der Waals surface area contributed by atoms with Gasteiger partial charge < -0.3 is 11.1 Å². The number of nitrogens with one attached hydrogen (secondary N) is 1. The van der Waals surface area contributed by atoms with Crippen LogP contribution in [-0.4, -0.2) is 11.9 Å². The highest BCUT2D eigenvalue weighted by molar-refractivity contribution is 5.85. The topological polar surface area (TPSA) is 55.1 Å². The molecule has 112 valence electrons. The first-order valence-corrected chi connectivity index (χ1v) is 6.81. The minimum atomic E-state index is -0.468. The molecule has 1 aliphatic carbocycles. The van der Waals surface area contributed by atoms with Crippen molar-refractivity contribution in [3.63, 3.8) is 0 Å². The average Bonchev–Trinajstić information content (AvgIpc) is 2.70. The molecule has 1 amide bonds. The highest BCUT2D eigenvalue weighted by atomic mass is 35.5. The second-order valence-electron chi connectivity index (χ2n) is 5.68. The van der Waals surface area contributed by atoms with E-state index in [9.17, 15) is 9.18 Å². The molecule has 3 nitrogen and oxygen atoms in total. The van der Waals surface area contributed by atoms with Crippen LogP contribution in [0.4, 0.5) is 4.39 Å². The zero-order chi connectivity index (χ0) is 14.0. The molecule has 1 unspecified atom stereocenters. The molecule has 0 heterocycles. The maximum atomic E-state index is 13.1. The van der Waals surface area contributed by atoms with Crippen LogP contribution < -0.4 is 11.1 Å². The molecule has 1 aromatic carbocycles. The van der Waals surface area contributed by atoms with Crippen molar-refractivity contribution in [3.8, 4) is 0 Å². The Kier molecular flexibility index (Phi) is 5.96. The van der Waals surface area contributed by atoms with Gasteiger partial charge in [-0.3, -0.25) is 4.79 Å². The summed E-state index contributed by atoms with van der Waals surface area (Å²) in [7, 11) is 0. The van der Waals surface area contributed by atoms with Crippen LogP contribution in [0.5, 0.6) is 0 Å². The molecule has 5 heteroatoms. The molecule has 0 radical (unpaired) electrons. The standard InChI is InChI=1S/C15H21FN2O.ClH/c1-9(2)7-13(17)15(19)18-14-6-3-10-8-11(16)4-5-12(10)14;/h4-5,8-9,13-14H,3,6-7,17H2,1-2H3,(H,18,19);1H/t13-,14?;/m0./s1. The van der Waals surface area contributed by atoms with E-state index in [4.69, 9.17) is 5.73 Å². The molecule has 0 fully saturated rings. The Hall–Kier alpha value is -1.13. The Labute approximate surface area is 125 Å². The van der Waals surface area contributed by atoms with Crippen molar-refractivity contribution in [3.05, 3.63) is 35.1 Å². The van der Waals surface area contributed by atoms with Crippen LogP contribution in [0, 0.1) is 11.7 Å². The van der Waals surface area contributed by atoms with E-state index >= 15 is 0 Å².